The van der Waals surface area contributed by atoms with Crippen LogP contribution in [0.5, 0.6) is 5.75 Å². The predicted molar refractivity (Wildman–Crippen MR) is 84.0 cm³/mol. The zero-order valence-corrected chi connectivity index (χ0v) is 13.7. The fourth-order valence-corrected chi connectivity index (χ4v) is 1.98. The van der Waals surface area contributed by atoms with Crippen molar-refractivity contribution in [2.75, 3.05) is 0 Å². The molecule has 0 unspecified atom stereocenters. The maximum absolute atomic E-state index is 12.3. The Hall–Kier alpha value is -2.55. The van der Waals surface area contributed by atoms with Crippen molar-refractivity contribution in [1.82, 2.24) is 9.55 Å². The second-order valence-corrected chi connectivity index (χ2v) is 5.69. The van der Waals surface area contributed by atoms with Gasteiger partial charge in [0, 0.05) is 24.5 Å². The smallest absolute Gasteiger partial charge is 0.483 e. The van der Waals surface area contributed by atoms with Crippen LogP contribution in [-0.4, -0.2) is 38.2 Å². The topological polar surface area (TPSA) is 84.6 Å². The van der Waals surface area contributed by atoms with Crippen LogP contribution in [0.25, 0.3) is 11.4 Å². The van der Waals surface area contributed by atoms with Gasteiger partial charge in [0.25, 0.3) is 6.47 Å². The Kier molecular flexibility index (Phi) is 6.98. The minimum atomic E-state index is -4.73. The van der Waals surface area contributed by atoms with Crippen molar-refractivity contribution in [3.8, 4) is 17.1 Å². The molecule has 0 aliphatic heterocycles. The first-order valence-electron chi connectivity index (χ1n) is 7.23. The number of alkyl halides is 3. The number of hydrogen-bond donors (Lipinski definition) is 2. The van der Waals surface area contributed by atoms with E-state index in [1.807, 2.05) is 0 Å². The summed E-state index contributed by atoms with van der Waals surface area (Å²) >= 11 is 0. The second kappa shape index (κ2) is 8.52. The molecule has 0 spiro atoms. The van der Waals surface area contributed by atoms with E-state index < -0.39 is 12.0 Å². The van der Waals surface area contributed by atoms with Gasteiger partial charge in [0.1, 0.15) is 11.6 Å². The summed E-state index contributed by atoms with van der Waals surface area (Å²) in [4.78, 5) is 12.5. The molecule has 0 aliphatic rings. The third-order valence-electron chi connectivity index (χ3n) is 3.01. The zero-order chi connectivity index (χ0) is 19.1. The maximum Gasteiger partial charge on any atom is 0.573 e. The van der Waals surface area contributed by atoms with E-state index in [-0.39, 0.29) is 12.2 Å². The number of aromatic nitrogens is 2. The first kappa shape index (κ1) is 20.5. The van der Waals surface area contributed by atoms with Crippen LogP contribution in [0, 0.1) is 0 Å². The van der Waals surface area contributed by atoms with E-state index in [9.17, 15) is 18.3 Å². The number of benzene rings is 1. The lowest BCUT2D eigenvalue weighted by atomic mass is 10.1. The molecule has 1 heterocycles. The Morgan fingerprint density at radius 1 is 1.32 bits per heavy atom. The van der Waals surface area contributed by atoms with E-state index in [4.69, 9.17) is 9.90 Å². The number of aliphatic hydroxyl groups is 1. The first-order chi connectivity index (χ1) is 11.6. The standard InChI is InChI=1S/C15H17F3N2O2.CH2O2/c1-14(2,21)6-8-20-9-7-19-13(20)11-4-3-5-12(10-11)22-15(16,17)18;2-1-3/h3-5,7,9-10,21H,6,8H2,1-2H3;1H,(H,2,3). The summed E-state index contributed by atoms with van der Waals surface area (Å²) in [5.74, 6) is 0.235. The molecule has 25 heavy (non-hydrogen) atoms. The Morgan fingerprint density at radius 3 is 2.52 bits per heavy atom. The molecule has 9 heteroatoms. The highest BCUT2D eigenvalue weighted by Crippen LogP contribution is 2.27. The molecule has 6 nitrogen and oxygen atoms in total. The largest absolute Gasteiger partial charge is 0.573 e. The highest BCUT2D eigenvalue weighted by Gasteiger charge is 2.31. The van der Waals surface area contributed by atoms with Crippen molar-refractivity contribution in [3.05, 3.63) is 36.7 Å². The quantitative estimate of drug-likeness (QED) is 0.799. The molecular formula is C16H19F3N2O4. The van der Waals surface area contributed by atoms with Gasteiger partial charge in [-0.15, -0.1) is 13.2 Å². The molecule has 138 valence electrons. The summed E-state index contributed by atoms with van der Waals surface area (Å²) in [6.45, 7) is 3.64. The van der Waals surface area contributed by atoms with Crippen LogP contribution >= 0.6 is 0 Å². The summed E-state index contributed by atoms with van der Waals surface area (Å²) in [5, 5.41) is 16.7. The predicted octanol–water partition coefficient (Wildman–Crippen LogP) is 3.31. The Morgan fingerprint density at radius 2 is 1.96 bits per heavy atom. The first-order valence-corrected chi connectivity index (χ1v) is 7.23. The molecule has 2 rings (SSSR count). The van der Waals surface area contributed by atoms with Crippen LogP contribution in [0.15, 0.2) is 36.7 Å². The van der Waals surface area contributed by atoms with Gasteiger partial charge in [-0.05, 0) is 32.4 Å². The molecule has 0 aliphatic carbocycles. The number of ether oxygens (including phenoxy) is 1. The fraction of sp³-hybridized carbons (Fsp3) is 0.375. The molecule has 0 radical (unpaired) electrons. The molecule has 2 N–H and O–H groups in total. The molecule has 0 atom stereocenters. The number of imidazole rings is 1. The van der Waals surface area contributed by atoms with Crippen LogP contribution in [0.3, 0.4) is 0 Å². The molecular weight excluding hydrogens is 341 g/mol. The summed E-state index contributed by atoms with van der Waals surface area (Å²) in [5.41, 5.74) is -0.314. The maximum atomic E-state index is 12.3. The number of carboxylic acid groups (broad SMARTS) is 1. The summed E-state index contributed by atoms with van der Waals surface area (Å²) < 4.78 is 42.5. The summed E-state index contributed by atoms with van der Waals surface area (Å²) in [7, 11) is 0. The van der Waals surface area contributed by atoms with Gasteiger partial charge in [-0.3, -0.25) is 4.79 Å². The van der Waals surface area contributed by atoms with Gasteiger partial charge in [-0.2, -0.15) is 0 Å². The summed E-state index contributed by atoms with van der Waals surface area (Å²) in [6, 6.07) is 5.66. The third kappa shape index (κ3) is 7.71. The second-order valence-electron chi connectivity index (χ2n) is 5.69. The number of hydrogen-bond acceptors (Lipinski definition) is 4. The van der Waals surface area contributed by atoms with Crippen LogP contribution < -0.4 is 4.74 Å². The average Bonchev–Trinajstić information content (AvgIpc) is 2.92. The van der Waals surface area contributed by atoms with Crippen molar-refractivity contribution < 1.29 is 32.9 Å². The van der Waals surface area contributed by atoms with Crippen LogP contribution in [0.4, 0.5) is 13.2 Å². The van der Waals surface area contributed by atoms with Gasteiger partial charge in [0.15, 0.2) is 0 Å². The lowest BCUT2D eigenvalue weighted by Crippen LogP contribution is -2.21. The van der Waals surface area contributed by atoms with E-state index in [0.717, 1.165) is 0 Å². The highest BCUT2D eigenvalue weighted by molar-refractivity contribution is 5.58. The Balaban J connectivity index is 0.000000970. The average molecular weight is 360 g/mol. The number of halogens is 3. The number of rotatable bonds is 5. The number of nitrogens with zero attached hydrogens (tertiary/aromatic N) is 2. The molecule has 2 aromatic rings. The summed E-state index contributed by atoms with van der Waals surface area (Å²) in [6.07, 6.45) is -0.945. The zero-order valence-electron chi connectivity index (χ0n) is 13.7. The normalized spacial score (nSPS) is 11.4. The molecule has 0 amide bonds. The number of aryl methyl sites for hydroxylation is 1. The van der Waals surface area contributed by atoms with Crippen molar-refractivity contribution in [2.24, 2.45) is 0 Å². The Labute approximate surface area is 142 Å². The van der Waals surface area contributed by atoms with E-state index in [1.54, 1.807) is 36.9 Å². The van der Waals surface area contributed by atoms with Crippen molar-refractivity contribution in [1.29, 1.82) is 0 Å². The Bertz CT molecular complexity index is 679. The van der Waals surface area contributed by atoms with Gasteiger partial charge < -0.3 is 19.5 Å². The minimum Gasteiger partial charge on any atom is -0.483 e. The monoisotopic (exact) mass is 360 g/mol. The highest BCUT2D eigenvalue weighted by atomic mass is 19.4. The van der Waals surface area contributed by atoms with Gasteiger partial charge in [-0.1, -0.05) is 12.1 Å². The van der Waals surface area contributed by atoms with Crippen LogP contribution in [0.1, 0.15) is 20.3 Å². The van der Waals surface area contributed by atoms with E-state index in [1.165, 1.54) is 18.2 Å². The minimum absolute atomic E-state index is 0.250. The number of carbonyl (C=O) groups is 1. The van der Waals surface area contributed by atoms with Crippen LogP contribution in [0.2, 0.25) is 0 Å². The lowest BCUT2D eigenvalue weighted by molar-refractivity contribution is -0.274. The third-order valence-corrected chi connectivity index (χ3v) is 3.01. The fourth-order valence-electron chi connectivity index (χ4n) is 1.98. The van der Waals surface area contributed by atoms with Gasteiger partial charge in [-0.25, -0.2) is 4.98 Å². The van der Waals surface area contributed by atoms with Gasteiger partial charge in [0.05, 0.1) is 5.60 Å². The molecule has 0 saturated carbocycles. The molecule has 0 bridgehead atoms. The van der Waals surface area contributed by atoms with E-state index in [0.29, 0.717) is 24.4 Å². The van der Waals surface area contributed by atoms with Crippen molar-refractivity contribution in [2.45, 2.75) is 38.8 Å². The van der Waals surface area contributed by atoms with Gasteiger partial charge in [0.2, 0.25) is 0 Å². The SMILES string of the molecule is CC(C)(O)CCn1ccnc1-c1cccc(OC(F)(F)F)c1.O=CO. The molecule has 0 fully saturated rings. The van der Waals surface area contributed by atoms with Crippen LogP contribution in [-0.2, 0) is 11.3 Å². The molecule has 1 aromatic carbocycles. The lowest BCUT2D eigenvalue weighted by Gasteiger charge is -2.18. The van der Waals surface area contributed by atoms with Crippen molar-refractivity contribution in [3.63, 3.8) is 0 Å². The van der Waals surface area contributed by atoms with Gasteiger partial charge >= 0.3 is 6.36 Å². The van der Waals surface area contributed by atoms with E-state index in [2.05, 4.69) is 9.72 Å². The van der Waals surface area contributed by atoms with Crippen molar-refractivity contribution >= 4 is 6.47 Å². The molecule has 0 saturated heterocycles. The molecule has 1 aromatic heterocycles. The van der Waals surface area contributed by atoms with E-state index >= 15 is 0 Å².